The third-order valence-electron chi connectivity index (χ3n) is 2.95. The van der Waals surface area contributed by atoms with E-state index in [0.29, 0.717) is 19.0 Å². The van der Waals surface area contributed by atoms with Crippen LogP contribution in [0.1, 0.15) is 0 Å². The highest BCUT2D eigenvalue weighted by Crippen LogP contribution is 2.32. The predicted molar refractivity (Wildman–Crippen MR) is 68.6 cm³/mol. The molecule has 1 aromatic heterocycles. The lowest BCUT2D eigenvalue weighted by molar-refractivity contribution is -0.107. The fraction of sp³-hybridized carbons (Fsp3) is 0.143. The van der Waals surface area contributed by atoms with Crippen molar-refractivity contribution in [3.63, 3.8) is 0 Å². The zero-order chi connectivity index (χ0) is 12.4. The molecule has 0 saturated heterocycles. The van der Waals surface area contributed by atoms with Gasteiger partial charge in [0.2, 0.25) is 12.3 Å². The second-order valence-electron chi connectivity index (χ2n) is 4.06. The van der Waals surface area contributed by atoms with E-state index in [4.69, 9.17) is 4.74 Å². The monoisotopic (exact) mass is 240 g/mol. The van der Waals surface area contributed by atoms with Gasteiger partial charge in [0, 0.05) is 11.8 Å². The molecule has 2 heterocycles. The maximum Gasteiger partial charge on any atom is 0.238 e. The molecular weight excluding hydrogens is 228 g/mol. The number of pyridine rings is 1. The standard InChI is InChI=1S/C14H12N2O2/c17-10-16-6-7-18-14-13(16)8-12(9-15-14)11-4-2-1-3-5-11/h1-5,8-10H,6-7H2. The van der Waals surface area contributed by atoms with E-state index in [2.05, 4.69) is 4.98 Å². The Morgan fingerprint density at radius 1 is 1.22 bits per heavy atom. The minimum atomic E-state index is 0.490. The van der Waals surface area contributed by atoms with Crippen molar-refractivity contribution in [1.82, 2.24) is 4.98 Å². The number of carbonyl (C=O) groups is 1. The first-order valence-electron chi connectivity index (χ1n) is 5.79. The molecule has 0 atom stereocenters. The van der Waals surface area contributed by atoms with Crippen molar-refractivity contribution in [2.24, 2.45) is 0 Å². The number of aromatic nitrogens is 1. The predicted octanol–water partition coefficient (Wildman–Crippen LogP) is 2.10. The van der Waals surface area contributed by atoms with Crippen LogP contribution in [0.5, 0.6) is 5.88 Å². The normalized spacial score (nSPS) is 13.7. The highest BCUT2D eigenvalue weighted by molar-refractivity contribution is 5.81. The number of hydrogen-bond donors (Lipinski definition) is 0. The first kappa shape index (κ1) is 10.8. The number of hydrogen-bond acceptors (Lipinski definition) is 3. The van der Waals surface area contributed by atoms with E-state index in [1.807, 2.05) is 36.4 Å². The highest BCUT2D eigenvalue weighted by Gasteiger charge is 2.19. The SMILES string of the molecule is O=CN1CCOc2ncc(-c3ccccc3)cc21. The van der Waals surface area contributed by atoms with Gasteiger partial charge in [0.05, 0.1) is 6.54 Å². The average molecular weight is 240 g/mol. The van der Waals surface area contributed by atoms with Gasteiger partial charge in [-0.15, -0.1) is 0 Å². The number of ether oxygens (including phenoxy) is 1. The average Bonchev–Trinajstić information content (AvgIpc) is 2.47. The molecule has 0 unspecified atom stereocenters. The Kier molecular flexibility index (Phi) is 2.68. The Balaban J connectivity index is 2.07. The van der Waals surface area contributed by atoms with Crippen LogP contribution in [0.2, 0.25) is 0 Å². The number of benzene rings is 1. The zero-order valence-electron chi connectivity index (χ0n) is 9.74. The van der Waals surface area contributed by atoms with E-state index in [-0.39, 0.29) is 0 Å². The Morgan fingerprint density at radius 2 is 2.06 bits per heavy atom. The maximum absolute atomic E-state index is 11.0. The van der Waals surface area contributed by atoms with Gasteiger partial charge in [-0.05, 0) is 11.6 Å². The quantitative estimate of drug-likeness (QED) is 0.755. The van der Waals surface area contributed by atoms with E-state index in [9.17, 15) is 4.79 Å². The first-order chi connectivity index (χ1) is 8.88. The van der Waals surface area contributed by atoms with Crippen molar-refractivity contribution >= 4 is 12.1 Å². The lowest BCUT2D eigenvalue weighted by Crippen LogP contribution is -2.31. The summed E-state index contributed by atoms with van der Waals surface area (Å²) < 4.78 is 5.43. The summed E-state index contributed by atoms with van der Waals surface area (Å²) in [5, 5.41) is 0. The second-order valence-corrected chi connectivity index (χ2v) is 4.06. The van der Waals surface area contributed by atoms with Gasteiger partial charge in [-0.25, -0.2) is 4.98 Å². The van der Waals surface area contributed by atoms with Gasteiger partial charge in [-0.3, -0.25) is 4.79 Å². The lowest BCUT2D eigenvalue weighted by atomic mass is 10.1. The molecule has 90 valence electrons. The molecule has 4 heteroatoms. The molecule has 4 nitrogen and oxygen atoms in total. The molecule has 0 fully saturated rings. The fourth-order valence-corrected chi connectivity index (χ4v) is 2.02. The summed E-state index contributed by atoms with van der Waals surface area (Å²) in [7, 11) is 0. The minimum Gasteiger partial charge on any atom is -0.474 e. The molecule has 0 radical (unpaired) electrons. The molecule has 0 spiro atoms. The number of anilines is 1. The van der Waals surface area contributed by atoms with Crippen LogP contribution < -0.4 is 9.64 Å². The van der Waals surface area contributed by atoms with Crippen LogP contribution in [-0.2, 0) is 4.79 Å². The van der Waals surface area contributed by atoms with E-state index in [1.54, 1.807) is 11.1 Å². The van der Waals surface area contributed by atoms with Gasteiger partial charge < -0.3 is 9.64 Å². The summed E-state index contributed by atoms with van der Waals surface area (Å²) >= 11 is 0. The molecule has 0 saturated carbocycles. The van der Waals surface area contributed by atoms with Gasteiger partial charge in [0.1, 0.15) is 12.3 Å². The molecule has 2 aromatic rings. The van der Waals surface area contributed by atoms with Gasteiger partial charge in [0.25, 0.3) is 0 Å². The highest BCUT2D eigenvalue weighted by atomic mass is 16.5. The number of amides is 1. The summed E-state index contributed by atoms with van der Waals surface area (Å²) in [6.45, 7) is 1.06. The van der Waals surface area contributed by atoms with Crippen molar-refractivity contribution < 1.29 is 9.53 Å². The number of fused-ring (bicyclic) bond motifs is 1. The summed E-state index contributed by atoms with van der Waals surface area (Å²) in [6.07, 6.45) is 2.58. The second kappa shape index (κ2) is 4.49. The molecular formula is C14H12N2O2. The number of nitrogens with zero attached hydrogens (tertiary/aromatic N) is 2. The molecule has 18 heavy (non-hydrogen) atoms. The number of carbonyl (C=O) groups excluding carboxylic acids is 1. The van der Waals surface area contributed by atoms with E-state index in [0.717, 1.165) is 23.2 Å². The summed E-state index contributed by atoms with van der Waals surface area (Å²) in [5.41, 5.74) is 2.79. The first-order valence-corrected chi connectivity index (χ1v) is 5.79. The zero-order valence-corrected chi connectivity index (χ0v) is 9.74. The van der Waals surface area contributed by atoms with Crippen LogP contribution in [0.4, 0.5) is 5.69 Å². The van der Waals surface area contributed by atoms with E-state index < -0.39 is 0 Å². The van der Waals surface area contributed by atoms with Crippen molar-refractivity contribution in [2.75, 3.05) is 18.1 Å². The third-order valence-corrected chi connectivity index (χ3v) is 2.95. The third kappa shape index (κ3) is 1.82. The molecule has 1 aliphatic rings. The Hall–Kier alpha value is -2.36. The van der Waals surface area contributed by atoms with Crippen molar-refractivity contribution in [2.45, 2.75) is 0 Å². The van der Waals surface area contributed by atoms with Crippen molar-refractivity contribution in [3.8, 4) is 17.0 Å². The van der Waals surface area contributed by atoms with Gasteiger partial charge in [-0.2, -0.15) is 0 Å². The van der Waals surface area contributed by atoms with Crippen molar-refractivity contribution in [1.29, 1.82) is 0 Å². The topological polar surface area (TPSA) is 42.4 Å². The van der Waals surface area contributed by atoms with Crippen LogP contribution >= 0.6 is 0 Å². The largest absolute Gasteiger partial charge is 0.474 e. The maximum atomic E-state index is 11.0. The van der Waals surface area contributed by atoms with Crippen molar-refractivity contribution in [3.05, 3.63) is 42.6 Å². The smallest absolute Gasteiger partial charge is 0.238 e. The van der Waals surface area contributed by atoms with Gasteiger partial charge >= 0.3 is 0 Å². The van der Waals surface area contributed by atoms with Gasteiger partial charge in [0.15, 0.2) is 0 Å². The minimum absolute atomic E-state index is 0.490. The molecule has 0 aliphatic carbocycles. The Bertz CT molecular complexity index is 569. The van der Waals surface area contributed by atoms with E-state index in [1.165, 1.54) is 0 Å². The molecule has 1 aliphatic heterocycles. The van der Waals surface area contributed by atoms with Crippen LogP contribution in [0.3, 0.4) is 0 Å². The van der Waals surface area contributed by atoms with Crippen LogP contribution in [0.25, 0.3) is 11.1 Å². The van der Waals surface area contributed by atoms with Gasteiger partial charge in [-0.1, -0.05) is 30.3 Å². The Morgan fingerprint density at radius 3 is 2.83 bits per heavy atom. The summed E-state index contributed by atoms with van der Waals surface area (Å²) in [6, 6.07) is 11.9. The fourth-order valence-electron chi connectivity index (χ4n) is 2.02. The molecule has 0 N–H and O–H groups in total. The molecule has 1 aromatic carbocycles. The van der Waals surface area contributed by atoms with E-state index >= 15 is 0 Å². The van der Waals surface area contributed by atoms with Crippen LogP contribution in [0.15, 0.2) is 42.6 Å². The molecule has 3 rings (SSSR count). The molecule has 0 bridgehead atoms. The summed E-state index contributed by atoms with van der Waals surface area (Å²) in [4.78, 5) is 16.9. The molecule has 1 amide bonds. The van der Waals surface area contributed by atoms with Crippen LogP contribution in [-0.4, -0.2) is 24.5 Å². The van der Waals surface area contributed by atoms with Crippen LogP contribution in [0, 0.1) is 0 Å². The summed E-state index contributed by atoms with van der Waals surface area (Å²) in [5.74, 6) is 0.521. The lowest BCUT2D eigenvalue weighted by Gasteiger charge is -2.25. The Labute approximate surface area is 105 Å². The number of rotatable bonds is 2.